The number of nitrogens with one attached hydrogen (secondary N) is 2. The normalized spacial score (nSPS) is 11.0. The Bertz CT molecular complexity index is 789. The maximum atomic E-state index is 12.5. The van der Waals surface area contributed by atoms with E-state index in [4.69, 9.17) is 4.74 Å². The number of rotatable bonds is 6. The van der Waals surface area contributed by atoms with Gasteiger partial charge in [-0.3, -0.25) is 4.79 Å². The molecular weight excluding hydrogens is 316 g/mol. The third-order valence-corrected chi connectivity index (χ3v) is 4.51. The summed E-state index contributed by atoms with van der Waals surface area (Å²) < 4.78 is 32.7. The summed E-state index contributed by atoms with van der Waals surface area (Å²) in [6, 6.07) is 13.6. The van der Waals surface area contributed by atoms with Crippen molar-refractivity contribution < 1.29 is 17.9 Å². The number of hydrogen-bond acceptors (Lipinski definition) is 4. The van der Waals surface area contributed by atoms with Crippen LogP contribution in [0, 0.1) is 0 Å². The molecule has 0 unspecified atom stereocenters. The summed E-state index contributed by atoms with van der Waals surface area (Å²) in [6.45, 7) is 1.52. The Balaban J connectivity index is 2.28. The molecule has 0 aliphatic rings. The highest BCUT2D eigenvalue weighted by atomic mass is 32.2. The first-order valence-electron chi connectivity index (χ1n) is 6.91. The van der Waals surface area contributed by atoms with Crippen molar-refractivity contribution in [3.8, 4) is 5.75 Å². The zero-order chi connectivity index (χ0) is 16.9. The number of methoxy groups -OCH3 is 1. The van der Waals surface area contributed by atoms with Crippen LogP contribution in [0.5, 0.6) is 5.75 Å². The van der Waals surface area contributed by atoms with Crippen LogP contribution in [0.4, 0.5) is 5.69 Å². The molecule has 0 aromatic heterocycles. The first-order valence-corrected chi connectivity index (χ1v) is 8.40. The quantitative estimate of drug-likeness (QED) is 0.847. The predicted molar refractivity (Wildman–Crippen MR) is 87.8 cm³/mol. The van der Waals surface area contributed by atoms with Crippen molar-refractivity contribution >= 4 is 21.6 Å². The maximum absolute atomic E-state index is 12.5. The van der Waals surface area contributed by atoms with Gasteiger partial charge in [0.25, 0.3) is 0 Å². The second-order valence-electron chi connectivity index (χ2n) is 4.86. The van der Waals surface area contributed by atoms with E-state index in [0.717, 1.165) is 5.56 Å². The molecule has 0 atom stereocenters. The van der Waals surface area contributed by atoms with Crippen molar-refractivity contribution in [3.63, 3.8) is 0 Å². The van der Waals surface area contributed by atoms with Gasteiger partial charge < -0.3 is 10.1 Å². The van der Waals surface area contributed by atoms with Gasteiger partial charge in [0.15, 0.2) is 0 Å². The van der Waals surface area contributed by atoms with Crippen LogP contribution in [0.2, 0.25) is 0 Å². The average molecular weight is 334 g/mol. The van der Waals surface area contributed by atoms with Gasteiger partial charge in [0, 0.05) is 19.2 Å². The molecular formula is C16H18N2O4S. The number of sulfonamides is 1. The Morgan fingerprint density at radius 1 is 1.13 bits per heavy atom. The van der Waals surface area contributed by atoms with Crippen molar-refractivity contribution in [2.45, 2.75) is 18.4 Å². The summed E-state index contributed by atoms with van der Waals surface area (Å²) in [4.78, 5) is 11.1. The lowest BCUT2D eigenvalue weighted by Gasteiger charge is -2.12. The Hall–Kier alpha value is -2.38. The Morgan fingerprint density at radius 3 is 2.43 bits per heavy atom. The van der Waals surface area contributed by atoms with Gasteiger partial charge in [-0.1, -0.05) is 30.3 Å². The molecule has 122 valence electrons. The van der Waals surface area contributed by atoms with E-state index in [9.17, 15) is 13.2 Å². The monoisotopic (exact) mass is 334 g/mol. The Labute approximate surface area is 135 Å². The van der Waals surface area contributed by atoms with Gasteiger partial charge in [0.05, 0.1) is 7.11 Å². The van der Waals surface area contributed by atoms with E-state index in [1.165, 1.54) is 26.2 Å². The summed E-state index contributed by atoms with van der Waals surface area (Å²) in [5.74, 6) is -0.0737. The smallest absolute Gasteiger partial charge is 0.244 e. The third kappa shape index (κ3) is 4.54. The molecule has 2 aromatic carbocycles. The zero-order valence-corrected chi connectivity index (χ0v) is 13.7. The van der Waals surface area contributed by atoms with Crippen molar-refractivity contribution in [1.82, 2.24) is 4.72 Å². The van der Waals surface area contributed by atoms with Crippen LogP contribution >= 0.6 is 0 Å². The molecule has 1 amide bonds. The molecule has 0 radical (unpaired) electrons. The van der Waals surface area contributed by atoms with Crippen molar-refractivity contribution in [3.05, 3.63) is 54.1 Å². The minimum atomic E-state index is -3.79. The highest BCUT2D eigenvalue weighted by Crippen LogP contribution is 2.27. The van der Waals surface area contributed by atoms with E-state index in [2.05, 4.69) is 10.0 Å². The number of carbonyl (C=O) groups excluding carboxylic acids is 1. The molecule has 0 spiro atoms. The lowest BCUT2D eigenvalue weighted by atomic mass is 10.2. The second-order valence-corrected chi connectivity index (χ2v) is 6.59. The first kappa shape index (κ1) is 17.0. The lowest BCUT2D eigenvalue weighted by Crippen LogP contribution is -2.24. The predicted octanol–water partition coefficient (Wildman–Crippen LogP) is 2.13. The minimum absolute atomic E-state index is 0.0258. The molecule has 0 bridgehead atoms. The zero-order valence-electron chi connectivity index (χ0n) is 12.9. The van der Waals surface area contributed by atoms with Crippen LogP contribution in [0.25, 0.3) is 0 Å². The molecule has 23 heavy (non-hydrogen) atoms. The number of anilines is 1. The van der Waals surface area contributed by atoms with E-state index < -0.39 is 10.0 Å². The molecule has 7 heteroatoms. The average Bonchev–Trinajstić information content (AvgIpc) is 2.53. The fraction of sp³-hybridized carbons (Fsp3) is 0.188. The summed E-state index contributed by atoms with van der Waals surface area (Å²) in [7, 11) is -2.39. The van der Waals surface area contributed by atoms with Crippen LogP contribution in [0.1, 0.15) is 12.5 Å². The molecule has 0 heterocycles. The Morgan fingerprint density at radius 2 is 1.83 bits per heavy atom. The summed E-state index contributed by atoms with van der Waals surface area (Å²) in [5.41, 5.74) is 1.23. The summed E-state index contributed by atoms with van der Waals surface area (Å²) >= 11 is 0. The standard InChI is InChI=1S/C16H18N2O4S/c1-12(19)18-14-8-9-15(22-2)16(10-14)23(20,21)17-11-13-6-4-3-5-7-13/h3-10,17H,11H2,1-2H3,(H,18,19). The minimum Gasteiger partial charge on any atom is -0.495 e. The SMILES string of the molecule is COc1ccc(NC(C)=O)cc1S(=O)(=O)NCc1ccccc1. The molecule has 2 aromatic rings. The molecule has 0 aliphatic carbocycles. The number of amides is 1. The number of carbonyl (C=O) groups is 1. The summed E-state index contributed by atoms with van der Waals surface area (Å²) in [6.07, 6.45) is 0. The van der Waals surface area contributed by atoms with E-state index >= 15 is 0 Å². The molecule has 2 N–H and O–H groups in total. The van der Waals surface area contributed by atoms with E-state index in [1.807, 2.05) is 30.3 Å². The molecule has 2 rings (SSSR count). The lowest BCUT2D eigenvalue weighted by molar-refractivity contribution is -0.114. The highest BCUT2D eigenvalue weighted by molar-refractivity contribution is 7.89. The van der Waals surface area contributed by atoms with E-state index in [-0.39, 0.29) is 23.1 Å². The Kier molecular flexibility index (Phi) is 5.36. The third-order valence-electron chi connectivity index (χ3n) is 3.08. The maximum Gasteiger partial charge on any atom is 0.244 e. The van der Waals surface area contributed by atoms with Crippen molar-refractivity contribution in [2.24, 2.45) is 0 Å². The number of benzene rings is 2. The van der Waals surface area contributed by atoms with Gasteiger partial charge in [-0.15, -0.1) is 0 Å². The highest BCUT2D eigenvalue weighted by Gasteiger charge is 2.20. The largest absolute Gasteiger partial charge is 0.495 e. The fourth-order valence-electron chi connectivity index (χ4n) is 2.02. The van der Waals surface area contributed by atoms with E-state index in [1.54, 1.807) is 6.07 Å². The van der Waals surface area contributed by atoms with Gasteiger partial charge in [0.1, 0.15) is 10.6 Å². The topological polar surface area (TPSA) is 84.5 Å². The molecule has 0 aliphatic heterocycles. The molecule has 0 saturated carbocycles. The second kappa shape index (κ2) is 7.26. The van der Waals surface area contributed by atoms with Gasteiger partial charge >= 0.3 is 0 Å². The van der Waals surface area contributed by atoms with Crippen LogP contribution in [-0.4, -0.2) is 21.4 Å². The van der Waals surface area contributed by atoms with Crippen LogP contribution in [0.3, 0.4) is 0 Å². The fourth-order valence-corrected chi connectivity index (χ4v) is 3.23. The first-order chi connectivity index (χ1) is 10.9. The molecule has 0 saturated heterocycles. The van der Waals surface area contributed by atoms with Crippen LogP contribution in [-0.2, 0) is 21.4 Å². The van der Waals surface area contributed by atoms with Gasteiger partial charge in [0.2, 0.25) is 15.9 Å². The number of ether oxygens (including phenoxy) is 1. The number of hydrogen-bond donors (Lipinski definition) is 2. The van der Waals surface area contributed by atoms with Crippen molar-refractivity contribution in [1.29, 1.82) is 0 Å². The van der Waals surface area contributed by atoms with Crippen LogP contribution < -0.4 is 14.8 Å². The molecule has 6 nitrogen and oxygen atoms in total. The molecule has 0 fully saturated rings. The van der Waals surface area contributed by atoms with Gasteiger partial charge in [-0.2, -0.15) is 0 Å². The van der Waals surface area contributed by atoms with E-state index in [0.29, 0.717) is 5.69 Å². The van der Waals surface area contributed by atoms with Crippen LogP contribution in [0.15, 0.2) is 53.4 Å². The van der Waals surface area contributed by atoms with Gasteiger partial charge in [-0.05, 0) is 23.8 Å². The van der Waals surface area contributed by atoms with Crippen molar-refractivity contribution in [2.75, 3.05) is 12.4 Å². The summed E-state index contributed by atoms with van der Waals surface area (Å²) in [5, 5.41) is 2.56. The van der Waals surface area contributed by atoms with Gasteiger partial charge in [-0.25, -0.2) is 13.1 Å².